The van der Waals surface area contributed by atoms with Crippen LogP contribution in [0, 0.1) is 0 Å². The Bertz CT molecular complexity index is 402. The van der Waals surface area contributed by atoms with Gasteiger partial charge in [-0.05, 0) is 18.1 Å². The first kappa shape index (κ1) is 11.5. The first-order chi connectivity index (χ1) is 8.31. The molecule has 0 fully saturated rings. The van der Waals surface area contributed by atoms with Crippen LogP contribution in [0.3, 0.4) is 0 Å². The van der Waals surface area contributed by atoms with Gasteiger partial charge in [-0.15, -0.1) is 0 Å². The lowest BCUT2D eigenvalue weighted by Crippen LogP contribution is -2.40. The molecule has 2 rings (SSSR count). The summed E-state index contributed by atoms with van der Waals surface area (Å²) < 4.78 is 10.2. The molecule has 4 nitrogen and oxygen atoms in total. The molecule has 90 valence electrons. The second-order valence-corrected chi connectivity index (χ2v) is 3.82. The van der Waals surface area contributed by atoms with Crippen LogP contribution in [-0.2, 0) is 9.47 Å². The molecule has 2 atom stereocenters. The van der Waals surface area contributed by atoms with E-state index in [1.165, 1.54) is 7.11 Å². The zero-order chi connectivity index (χ0) is 12.1. The van der Waals surface area contributed by atoms with Crippen LogP contribution < -0.4 is 5.32 Å². The van der Waals surface area contributed by atoms with Crippen LogP contribution in [0.25, 0.3) is 0 Å². The number of rotatable bonds is 2. The third kappa shape index (κ3) is 2.78. The van der Waals surface area contributed by atoms with Crippen LogP contribution in [-0.4, -0.2) is 19.2 Å². The fraction of sp³-hybridized carbons (Fsp3) is 0.308. The first-order valence-electron chi connectivity index (χ1n) is 5.51. The zero-order valence-electron chi connectivity index (χ0n) is 9.63. The van der Waals surface area contributed by atoms with Crippen LogP contribution in [0.1, 0.15) is 18.1 Å². The minimum Gasteiger partial charge on any atom is -0.491 e. The Morgan fingerprint density at radius 3 is 2.88 bits per heavy atom. The molecule has 1 N–H and O–H groups in total. The van der Waals surface area contributed by atoms with Gasteiger partial charge < -0.3 is 14.8 Å². The van der Waals surface area contributed by atoms with Crippen LogP contribution in [0.15, 0.2) is 42.7 Å². The lowest BCUT2D eigenvalue weighted by Gasteiger charge is -2.29. The Kier molecular flexibility index (Phi) is 3.65. The standard InChI is InChI=1S/C13H15NO3/c1-16-13(15)14-11-8-5-9-17-12(11)10-6-3-2-4-7-10/h2-7,9,11-12H,8H2,1H3,(H,14,15)/t11-,12+/m0/s1. The number of amides is 1. The number of hydrogen-bond donors (Lipinski definition) is 1. The van der Waals surface area contributed by atoms with E-state index in [1.807, 2.05) is 36.4 Å². The van der Waals surface area contributed by atoms with Crippen molar-refractivity contribution in [3.63, 3.8) is 0 Å². The number of alkyl carbamates (subject to hydrolysis) is 1. The summed E-state index contributed by atoms with van der Waals surface area (Å²) in [6.07, 6.45) is 3.69. The molecule has 0 saturated carbocycles. The van der Waals surface area contributed by atoms with Gasteiger partial charge in [-0.1, -0.05) is 30.3 Å². The topological polar surface area (TPSA) is 47.6 Å². The van der Waals surface area contributed by atoms with Gasteiger partial charge in [0.05, 0.1) is 19.4 Å². The van der Waals surface area contributed by atoms with Crippen molar-refractivity contribution in [1.29, 1.82) is 0 Å². The molecular weight excluding hydrogens is 218 g/mol. The van der Waals surface area contributed by atoms with Crippen molar-refractivity contribution in [3.8, 4) is 0 Å². The lowest BCUT2D eigenvalue weighted by atomic mass is 9.98. The highest BCUT2D eigenvalue weighted by Crippen LogP contribution is 2.27. The summed E-state index contributed by atoms with van der Waals surface area (Å²) in [6.45, 7) is 0. The predicted molar refractivity (Wildman–Crippen MR) is 63.4 cm³/mol. The van der Waals surface area contributed by atoms with E-state index in [0.29, 0.717) is 0 Å². The van der Waals surface area contributed by atoms with E-state index in [1.54, 1.807) is 6.26 Å². The minimum atomic E-state index is -0.435. The van der Waals surface area contributed by atoms with Crippen molar-refractivity contribution < 1.29 is 14.3 Å². The summed E-state index contributed by atoms with van der Waals surface area (Å²) in [5.74, 6) is 0. The van der Waals surface area contributed by atoms with Gasteiger partial charge in [0.25, 0.3) is 0 Å². The number of carbonyl (C=O) groups is 1. The number of carbonyl (C=O) groups excluding carboxylic acids is 1. The molecule has 1 heterocycles. The molecule has 4 heteroatoms. The van der Waals surface area contributed by atoms with E-state index in [2.05, 4.69) is 10.1 Å². The first-order valence-corrected chi connectivity index (χ1v) is 5.51. The number of hydrogen-bond acceptors (Lipinski definition) is 3. The Balaban J connectivity index is 2.13. The maximum absolute atomic E-state index is 11.2. The summed E-state index contributed by atoms with van der Waals surface area (Å²) >= 11 is 0. The molecule has 1 amide bonds. The summed E-state index contributed by atoms with van der Waals surface area (Å²) in [5, 5.41) is 2.78. The third-order valence-corrected chi connectivity index (χ3v) is 2.69. The molecule has 17 heavy (non-hydrogen) atoms. The van der Waals surface area contributed by atoms with E-state index in [9.17, 15) is 4.79 Å². The van der Waals surface area contributed by atoms with Gasteiger partial charge in [0.15, 0.2) is 0 Å². The molecule has 1 aromatic rings. The molecule has 0 saturated heterocycles. The van der Waals surface area contributed by atoms with E-state index in [4.69, 9.17) is 4.74 Å². The minimum absolute atomic E-state index is 0.102. The molecule has 1 aliphatic heterocycles. The van der Waals surface area contributed by atoms with Gasteiger partial charge >= 0.3 is 6.09 Å². The van der Waals surface area contributed by atoms with Gasteiger partial charge in [-0.3, -0.25) is 0 Å². The Hall–Kier alpha value is -1.97. The summed E-state index contributed by atoms with van der Waals surface area (Å²) in [4.78, 5) is 11.2. The van der Waals surface area contributed by atoms with Gasteiger partial charge in [0.1, 0.15) is 6.10 Å². The SMILES string of the molecule is COC(=O)N[C@H]1CC=CO[C@@H]1c1ccccc1. The highest BCUT2D eigenvalue weighted by atomic mass is 16.5. The third-order valence-electron chi connectivity index (χ3n) is 2.69. The summed E-state index contributed by atoms with van der Waals surface area (Å²) in [6, 6.07) is 9.71. The second-order valence-electron chi connectivity index (χ2n) is 3.82. The van der Waals surface area contributed by atoms with Crippen LogP contribution in [0.2, 0.25) is 0 Å². The average Bonchev–Trinajstić information content (AvgIpc) is 2.40. The molecular formula is C13H15NO3. The highest BCUT2D eigenvalue weighted by molar-refractivity contribution is 5.67. The quantitative estimate of drug-likeness (QED) is 0.853. The van der Waals surface area contributed by atoms with Crippen molar-refractivity contribution in [2.75, 3.05) is 7.11 Å². The average molecular weight is 233 g/mol. The van der Waals surface area contributed by atoms with E-state index < -0.39 is 6.09 Å². The normalized spacial score (nSPS) is 22.6. The van der Waals surface area contributed by atoms with Crippen molar-refractivity contribution in [2.45, 2.75) is 18.6 Å². The predicted octanol–water partition coefficient (Wildman–Crippen LogP) is 2.39. The number of methoxy groups -OCH3 is 1. The molecule has 1 aromatic carbocycles. The molecule has 0 unspecified atom stereocenters. The lowest BCUT2D eigenvalue weighted by molar-refractivity contribution is 0.0849. The Morgan fingerprint density at radius 1 is 1.41 bits per heavy atom. The molecule has 0 aliphatic carbocycles. The van der Waals surface area contributed by atoms with Gasteiger partial charge in [-0.25, -0.2) is 4.79 Å². The maximum atomic E-state index is 11.2. The van der Waals surface area contributed by atoms with Crippen LogP contribution in [0.4, 0.5) is 4.79 Å². The summed E-state index contributed by atoms with van der Waals surface area (Å²) in [7, 11) is 1.35. The van der Waals surface area contributed by atoms with Gasteiger partial charge in [0.2, 0.25) is 0 Å². The van der Waals surface area contributed by atoms with E-state index in [0.717, 1.165) is 12.0 Å². The molecule has 0 radical (unpaired) electrons. The second kappa shape index (κ2) is 5.39. The molecule has 0 bridgehead atoms. The van der Waals surface area contributed by atoms with Crippen molar-refractivity contribution in [3.05, 3.63) is 48.2 Å². The maximum Gasteiger partial charge on any atom is 0.407 e. The number of nitrogens with one attached hydrogen (secondary N) is 1. The number of benzene rings is 1. The number of ether oxygens (including phenoxy) is 2. The van der Waals surface area contributed by atoms with E-state index >= 15 is 0 Å². The van der Waals surface area contributed by atoms with Gasteiger partial charge in [-0.2, -0.15) is 0 Å². The van der Waals surface area contributed by atoms with E-state index in [-0.39, 0.29) is 12.1 Å². The van der Waals surface area contributed by atoms with Crippen molar-refractivity contribution in [1.82, 2.24) is 5.32 Å². The fourth-order valence-corrected chi connectivity index (χ4v) is 1.86. The summed E-state index contributed by atoms with van der Waals surface area (Å²) in [5.41, 5.74) is 1.04. The smallest absolute Gasteiger partial charge is 0.407 e. The van der Waals surface area contributed by atoms with Crippen molar-refractivity contribution in [2.24, 2.45) is 0 Å². The zero-order valence-corrected chi connectivity index (χ0v) is 9.63. The van der Waals surface area contributed by atoms with Crippen molar-refractivity contribution >= 4 is 6.09 Å². The molecule has 0 spiro atoms. The Morgan fingerprint density at radius 2 is 2.18 bits per heavy atom. The van der Waals surface area contributed by atoms with Crippen LogP contribution in [0.5, 0.6) is 0 Å². The van der Waals surface area contributed by atoms with Crippen LogP contribution >= 0.6 is 0 Å². The monoisotopic (exact) mass is 233 g/mol. The fourth-order valence-electron chi connectivity index (χ4n) is 1.86. The van der Waals surface area contributed by atoms with Gasteiger partial charge in [0, 0.05) is 0 Å². The molecule has 0 aromatic heterocycles. The largest absolute Gasteiger partial charge is 0.491 e. The molecule has 1 aliphatic rings. The highest BCUT2D eigenvalue weighted by Gasteiger charge is 2.27. The Labute approximate surface area is 100 Å².